The van der Waals surface area contributed by atoms with Gasteiger partial charge in [-0.15, -0.1) is 0 Å². The molecular weight excluding hydrogens is 258 g/mol. The Morgan fingerprint density at radius 1 is 1.10 bits per heavy atom. The Labute approximate surface area is 118 Å². The Morgan fingerprint density at radius 3 is 2.35 bits per heavy atom. The van der Waals surface area contributed by atoms with Crippen LogP contribution in [0.4, 0.5) is 4.79 Å². The lowest BCUT2D eigenvalue weighted by Gasteiger charge is -2.19. The summed E-state index contributed by atoms with van der Waals surface area (Å²) in [5, 5.41) is 0.803. The highest BCUT2D eigenvalue weighted by molar-refractivity contribution is 5.94. The number of fused-ring (bicyclic) bond motifs is 1. The van der Waals surface area contributed by atoms with Gasteiger partial charge in [-0.2, -0.15) is 0 Å². The summed E-state index contributed by atoms with van der Waals surface area (Å²) in [7, 11) is 3.15. The molecule has 1 aromatic heterocycles. The van der Waals surface area contributed by atoms with Crippen molar-refractivity contribution in [1.29, 1.82) is 0 Å². The fourth-order valence-corrected chi connectivity index (χ4v) is 2.01. The van der Waals surface area contributed by atoms with Crippen LogP contribution in [0.15, 0.2) is 24.4 Å². The Balaban J connectivity index is 2.50. The molecule has 108 valence electrons. The van der Waals surface area contributed by atoms with E-state index in [1.54, 1.807) is 38.6 Å². The molecule has 1 aromatic carbocycles. The summed E-state index contributed by atoms with van der Waals surface area (Å²) in [6.45, 7) is 5.50. The minimum absolute atomic E-state index is 0.417. The van der Waals surface area contributed by atoms with Crippen molar-refractivity contribution in [2.75, 3.05) is 14.2 Å². The average molecular weight is 277 g/mol. The van der Waals surface area contributed by atoms with E-state index in [1.807, 2.05) is 20.8 Å². The first-order valence-corrected chi connectivity index (χ1v) is 6.33. The van der Waals surface area contributed by atoms with Crippen molar-refractivity contribution in [2.45, 2.75) is 26.4 Å². The summed E-state index contributed by atoms with van der Waals surface area (Å²) in [5.41, 5.74) is 0.182. The van der Waals surface area contributed by atoms with Gasteiger partial charge in [-0.05, 0) is 39.0 Å². The molecule has 0 N–H and O–H groups in total. The number of carbonyl (C=O) groups excluding carboxylic acids is 1. The summed E-state index contributed by atoms with van der Waals surface area (Å²) in [4.78, 5) is 12.2. The van der Waals surface area contributed by atoms with Crippen LogP contribution >= 0.6 is 0 Å². The Kier molecular flexibility index (Phi) is 3.61. The van der Waals surface area contributed by atoms with Crippen LogP contribution < -0.4 is 9.47 Å². The van der Waals surface area contributed by atoms with Crippen LogP contribution in [0.3, 0.4) is 0 Å². The topological polar surface area (TPSA) is 49.7 Å². The predicted octanol–water partition coefficient (Wildman–Crippen LogP) is 3.44. The smallest absolute Gasteiger partial charge is 0.418 e. The molecule has 0 saturated heterocycles. The molecule has 0 bridgehead atoms. The van der Waals surface area contributed by atoms with E-state index in [0.29, 0.717) is 11.5 Å². The van der Waals surface area contributed by atoms with Gasteiger partial charge in [-0.3, -0.25) is 4.57 Å². The third-order valence-corrected chi connectivity index (χ3v) is 2.80. The van der Waals surface area contributed by atoms with Gasteiger partial charge in [0.1, 0.15) is 5.60 Å². The van der Waals surface area contributed by atoms with E-state index in [9.17, 15) is 4.79 Å². The number of methoxy groups -OCH3 is 2. The quantitative estimate of drug-likeness (QED) is 0.843. The molecule has 5 nitrogen and oxygen atoms in total. The molecule has 0 amide bonds. The number of rotatable bonds is 2. The first kappa shape index (κ1) is 14.2. The van der Waals surface area contributed by atoms with Crippen molar-refractivity contribution in [3.8, 4) is 11.5 Å². The Hall–Kier alpha value is -2.17. The summed E-state index contributed by atoms with van der Waals surface area (Å²) in [6.07, 6.45) is 1.25. The van der Waals surface area contributed by atoms with Crippen LogP contribution in [0, 0.1) is 0 Å². The van der Waals surface area contributed by atoms with E-state index in [1.165, 1.54) is 4.57 Å². The zero-order valence-electron chi connectivity index (χ0n) is 12.4. The largest absolute Gasteiger partial charge is 0.493 e. The molecular formula is C15H19NO4. The molecule has 0 radical (unpaired) electrons. The fraction of sp³-hybridized carbons (Fsp3) is 0.400. The normalized spacial score (nSPS) is 11.4. The first-order chi connectivity index (χ1) is 9.37. The van der Waals surface area contributed by atoms with Gasteiger partial charge in [0.25, 0.3) is 0 Å². The van der Waals surface area contributed by atoms with Crippen molar-refractivity contribution in [1.82, 2.24) is 4.57 Å². The third-order valence-electron chi connectivity index (χ3n) is 2.80. The molecule has 0 saturated carbocycles. The summed E-state index contributed by atoms with van der Waals surface area (Å²) >= 11 is 0. The molecule has 0 aliphatic heterocycles. The highest BCUT2D eigenvalue weighted by Gasteiger charge is 2.20. The highest BCUT2D eigenvalue weighted by Crippen LogP contribution is 2.35. The fourth-order valence-electron chi connectivity index (χ4n) is 2.01. The Bertz CT molecular complexity index is 637. The van der Waals surface area contributed by atoms with E-state index >= 15 is 0 Å². The zero-order valence-corrected chi connectivity index (χ0v) is 12.4. The SMILES string of the molecule is COc1ccc2c(ccn2C(=O)OC(C)(C)C)c1OC. The lowest BCUT2D eigenvalue weighted by Crippen LogP contribution is -2.26. The molecule has 2 aromatic rings. The van der Waals surface area contributed by atoms with Crippen LogP contribution in [-0.2, 0) is 4.74 Å². The first-order valence-electron chi connectivity index (χ1n) is 6.33. The van der Waals surface area contributed by atoms with Crippen molar-refractivity contribution in [3.63, 3.8) is 0 Å². The second-order valence-electron chi connectivity index (χ2n) is 5.40. The van der Waals surface area contributed by atoms with E-state index < -0.39 is 11.7 Å². The molecule has 5 heteroatoms. The maximum absolute atomic E-state index is 12.2. The maximum atomic E-state index is 12.2. The molecule has 0 unspecified atom stereocenters. The van der Waals surface area contributed by atoms with Crippen LogP contribution in [0.5, 0.6) is 11.5 Å². The van der Waals surface area contributed by atoms with Gasteiger partial charge in [0, 0.05) is 11.6 Å². The van der Waals surface area contributed by atoms with Gasteiger partial charge >= 0.3 is 6.09 Å². The van der Waals surface area contributed by atoms with Crippen LogP contribution in [0.25, 0.3) is 10.9 Å². The second-order valence-corrected chi connectivity index (χ2v) is 5.40. The number of nitrogens with zero attached hydrogens (tertiary/aromatic N) is 1. The van der Waals surface area contributed by atoms with Crippen molar-refractivity contribution in [3.05, 3.63) is 24.4 Å². The van der Waals surface area contributed by atoms with Gasteiger partial charge < -0.3 is 14.2 Å². The molecule has 1 heterocycles. The predicted molar refractivity (Wildman–Crippen MR) is 76.7 cm³/mol. The van der Waals surface area contributed by atoms with Gasteiger partial charge in [0.2, 0.25) is 0 Å². The van der Waals surface area contributed by atoms with Crippen molar-refractivity contribution >= 4 is 17.0 Å². The lowest BCUT2D eigenvalue weighted by molar-refractivity contribution is 0.0544. The maximum Gasteiger partial charge on any atom is 0.418 e. The van der Waals surface area contributed by atoms with Gasteiger partial charge in [-0.1, -0.05) is 0 Å². The third kappa shape index (κ3) is 2.57. The van der Waals surface area contributed by atoms with Gasteiger partial charge in [0.05, 0.1) is 19.7 Å². The average Bonchev–Trinajstić information content (AvgIpc) is 2.79. The number of aromatic nitrogens is 1. The molecule has 0 aliphatic carbocycles. The van der Waals surface area contributed by atoms with Gasteiger partial charge in [-0.25, -0.2) is 4.79 Å². The summed E-state index contributed by atoms with van der Waals surface area (Å²) in [6, 6.07) is 5.38. The van der Waals surface area contributed by atoms with Crippen LogP contribution in [0.2, 0.25) is 0 Å². The summed E-state index contributed by atoms with van der Waals surface area (Å²) < 4.78 is 17.4. The molecule has 0 aliphatic rings. The van der Waals surface area contributed by atoms with Crippen LogP contribution in [0.1, 0.15) is 20.8 Å². The number of hydrogen-bond donors (Lipinski definition) is 0. The molecule has 0 atom stereocenters. The highest BCUT2D eigenvalue weighted by atomic mass is 16.6. The molecule has 2 rings (SSSR count). The number of hydrogen-bond acceptors (Lipinski definition) is 4. The minimum atomic E-state index is -0.537. The zero-order chi connectivity index (χ0) is 14.9. The van der Waals surface area contributed by atoms with Crippen molar-refractivity contribution in [2.24, 2.45) is 0 Å². The van der Waals surface area contributed by atoms with Gasteiger partial charge in [0.15, 0.2) is 11.5 Å². The lowest BCUT2D eigenvalue weighted by atomic mass is 10.2. The molecule has 0 fully saturated rings. The van der Waals surface area contributed by atoms with Crippen LogP contribution in [-0.4, -0.2) is 30.5 Å². The monoisotopic (exact) mass is 277 g/mol. The van der Waals surface area contributed by atoms with E-state index in [2.05, 4.69) is 0 Å². The number of ether oxygens (including phenoxy) is 3. The molecule has 20 heavy (non-hydrogen) atoms. The number of benzene rings is 1. The second kappa shape index (κ2) is 5.07. The number of carbonyl (C=O) groups is 1. The van der Waals surface area contributed by atoms with E-state index in [4.69, 9.17) is 14.2 Å². The van der Waals surface area contributed by atoms with E-state index in [0.717, 1.165) is 10.9 Å². The Morgan fingerprint density at radius 2 is 1.80 bits per heavy atom. The molecule has 0 spiro atoms. The standard InChI is InChI=1S/C15H19NO4/c1-15(2,3)20-14(17)16-9-8-10-11(16)6-7-12(18-4)13(10)19-5/h6-9H,1-5H3. The van der Waals surface area contributed by atoms with E-state index in [-0.39, 0.29) is 0 Å². The van der Waals surface area contributed by atoms with Crippen molar-refractivity contribution < 1.29 is 19.0 Å². The summed E-state index contributed by atoms with van der Waals surface area (Å²) in [5.74, 6) is 1.23. The minimum Gasteiger partial charge on any atom is -0.493 e.